The number of halogens is 1. The maximum atomic E-state index is 5.96. The highest BCUT2D eigenvalue weighted by molar-refractivity contribution is 6.30. The molecule has 2 heterocycles. The van der Waals surface area contributed by atoms with Crippen molar-refractivity contribution >= 4 is 17.2 Å². The molecule has 0 N–H and O–H groups in total. The molecule has 3 aromatic rings. The molecule has 0 spiro atoms. The minimum absolute atomic E-state index is 0.693. The Morgan fingerprint density at radius 3 is 2.71 bits per heavy atom. The highest BCUT2D eigenvalue weighted by Crippen LogP contribution is 2.20. The summed E-state index contributed by atoms with van der Waals surface area (Å²) in [4.78, 5) is 4.48. The van der Waals surface area contributed by atoms with Crippen molar-refractivity contribution in [2.24, 2.45) is 0 Å². The second-order valence-electron chi connectivity index (χ2n) is 3.88. The summed E-state index contributed by atoms with van der Waals surface area (Å²) in [5.74, 6) is 0.696. The third kappa shape index (κ3) is 1.78. The fourth-order valence-electron chi connectivity index (χ4n) is 1.79. The van der Waals surface area contributed by atoms with Gasteiger partial charge >= 0.3 is 0 Å². The Hall–Kier alpha value is -1.87. The van der Waals surface area contributed by atoms with Crippen LogP contribution in [0.15, 0.2) is 42.5 Å². The summed E-state index contributed by atoms with van der Waals surface area (Å²) >= 11 is 5.96. The van der Waals surface area contributed by atoms with E-state index in [0.29, 0.717) is 10.8 Å². The molecule has 0 amide bonds. The van der Waals surface area contributed by atoms with Gasteiger partial charge in [-0.1, -0.05) is 29.8 Å². The Bertz CT molecular complexity index is 688. The normalized spacial score (nSPS) is 10.9. The topological polar surface area (TPSA) is 30.2 Å². The average molecular weight is 244 g/mol. The summed E-state index contributed by atoms with van der Waals surface area (Å²) in [6, 6.07) is 13.5. The molecule has 0 aliphatic carbocycles. The van der Waals surface area contributed by atoms with Crippen molar-refractivity contribution in [1.82, 2.24) is 14.6 Å². The van der Waals surface area contributed by atoms with Crippen molar-refractivity contribution < 1.29 is 0 Å². The van der Waals surface area contributed by atoms with Crippen molar-refractivity contribution in [2.45, 2.75) is 6.92 Å². The molecule has 2 aromatic heterocycles. The lowest BCUT2D eigenvalue weighted by atomic mass is 10.2. The van der Waals surface area contributed by atoms with Crippen LogP contribution in [-0.4, -0.2) is 14.6 Å². The van der Waals surface area contributed by atoms with Gasteiger partial charge in [0.1, 0.15) is 0 Å². The Kier molecular flexibility index (Phi) is 2.34. The minimum Gasteiger partial charge on any atom is -0.218 e. The molecule has 3 rings (SSSR count). The quantitative estimate of drug-likeness (QED) is 0.656. The first-order chi connectivity index (χ1) is 8.24. The van der Waals surface area contributed by atoms with Crippen LogP contribution in [0.25, 0.3) is 17.0 Å². The molecule has 0 radical (unpaired) electrons. The van der Waals surface area contributed by atoms with E-state index in [1.54, 1.807) is 0 Å². The maximum Gasteiger partial charge on any atom is 0.182 e. The predicted octanol–water partition coefficient (Wildman–Crippen LogP) is 3.36. The van der Waals surface area contributed by atoms with Crippen molar-refractivity contribution in [3.63, 3.8) is 0 Å². The van der Waals surface area contributed by atoms with Gasteiger partial charge in [0.05, 0.1) is 0 Å². The second kappa shape index (κ2) is 3.86. The van der Waals surface area contributed by atoms with Gasteiger partial charge < -0.3 is 0 Å². The second-order valence-corrected chi connectivity index (χ2v) is 4.32. The van der Waals surface area contributed by atoms with Gasteiger partial charge in [-0.25, -0.2) is 9.50 Å². The highest BCUT2D eigenvalue weighted by atomic mass is 35.5. The van der Waals surface area contributed by atoms with Gasteiger partial charge in [-0.05, 0) is 31.2 Å². The molecule has 0 atom stereocenters. The minimum atomic E-state index is 0.693. The van der Waals surface area contributed by atoms with Crippen LogP contribution in [0.5, 0.6) is 0 Å². The third-order valence-electron chi connectivity index (χ3n) is 2.63. The molecule has 0 aliphatic rings. The predicted molar refractivity (Wildman–Crippen MR) is 68.2 cm³/mol. The first-order valence-electron chi connectivity index (χ1n) is 5.32. The zero-order valence-electron chi connectivity index (χ0n) is 9.26. The molecule has 0 fully saturated rings. The number of nitrogens with zero attached hydrogens (tertiary/aromatic N) is 3. The van der Waals surface area contributed by atoms with E-state index >= 15 is 0 Å². The molecule has 84 valence electrons. The zero-order chi connectivity index (χ0) is 11.8. The molecule has 3 nitrogen and oxygen atoms in total. The number of benzene rings is 1. The van der Waals surface area contributed by atoms with Crippen molar-refractivity contribution in [3.8, 4) is 11.4 Å². The van der Waals surface area contributed by atoms with Crippen LogP contribution in [0.1, 0.15) is 5.69 Å². The lowest BCUT2D eigenvalue weighted by molar-refractivity contribution is 0.918. The Balaban J connectivity index is 2.22. The summed E-state index contributed by atoms with van der Waals surface area (Å²) in [6.45, 7) is 2.00. The van der Waals surface area contributed by atoms with Gasteiger partial charge in [-0.15, -0.1) is 5.10 Å². The van der Waals surface area contributed by atoms with Crippen LogP contribution in [0.4, 0.5) is 0 Å². The molecule has 1 aromatic carbocycles. The van der Waals surface area contributed by atoms with Gasteiger partial charge in [-0.2, -0.15) is 0 Å². The fraction of sp³-hybridized carbons (Fsp3) is 0.0769. The summed E-state index contributed by atoms with van der Waals surface area (Å²) < 4.78 is 1.83. The number of fused-ring (bicyclic) bond motifs is 1. The number of aromatic nitrogens is 3. The fourth-order valence-corrected chi connectivity index (χ4v) is 1.98. The summed E-state index contributed by atoms with van der Waals surface area (Å²) in [7, 11) is 0. The molecule has 0 bridgehead atoms. The van der Waals surface area contributed by atoms with Crippen LogP contribution in [0, 0.1) is 6.92 Å². The summed E-state index contributed by atoms with van der Waals surface area (Å²) in [5, 5.41) is 5.16. The molecular formula is C13H10ClN3. The highest BCUT2D eigenvalue weighted by Gasteiger charge is 2.07. The van der Waals surface area contributed by atoms with Crippen molar-refractivity contribution in [2.75, 3.05) is 0 Å². The monoisotopic (exact) mass is 243 g/mol. The molecule has 0 aliphatic heterocycles. The van der Waals surface area contributed by atoms with Gasteiger partial charge in [-0.3, -0.25) is 0 Å². The summed E-state index contributed by atoms with van der Waals surface area (Å²) in [5.41, 5.74) is 2.84. The van der Waals surface area contributed by atoms with Gasteiger partial charge in [0, 0.05) is 16.3 Å². The van der Waals surface area contributed by atoms with Crippen molar-refractivity contribution in [1.29, 1.82) is 0 Å². The molecular weight excluding hydrogens is 234 g/mol. The molecule has 4 heteroatoms. The van der Waals surface area contributed by atoms with E-state index in [0.717, 1.165) is 16.9 Å². The largest absolute Gasteiger partial charge is 0.218 e. The van der Waals surface area contributed by atoms with E-state index < -0.39 is 0 Å². The van der Waals surface area contributed by atoms with Crippen LogP contribution < -0.4 is 0 Å². The molecule has 0 saturated carbocycles. The third-order valence-corrected chi connectivity index (χ3v) is 2.87. The van der Waals surface area contributed by atoms with E-state index in [2.05, 4.69) is 10.1 Å². The standard InChI is InChI=1S/C13H10ClN3/c1-9-4-2-7-12-15-13(16-17(9)12)10-5-3-6-11(14)8-10/h2-8H,1H3. The number of rotatable bonds is 1. The van der Waals surface area contributed by atoms with Gasteiger partial charge in [0.15, 0.2) is 11.5 Å². The van der Waals surface area contributed by atoms with E-state index in [4.69, 9.17) is 11.6 Å². The van der Waals surface area contributed by atoms with Gasteiger partial charge in [0.2, 0.25) is 0 Å². The Morgan fingerprint density at radius 1 is 1.12 bits per heavy atom. The van der Waals surface area contributed by atoms with Crippen LogP contribution in [-0.2, 0) is 0 Å². The maximum absolute atomic E-state index is 5.96. The number of hydrogen-bond donors (Lipinski definition) is 0. The SMILES string of the molecule is Cc1cccc2nc(-c3cccc(Cl)c3)nn12. The lowest BCUT2D eigenvalue weighted by Gasteiger charge is -1.95. The van der Waals surface area contributed by atoms with E-state index in [-0.39, 0.29) is 0 Å². The lowest BCUT2D eigenvalue weighted by Crippen LogP contribution is -1.91. The molecule has 17 heavy (non-hydrogen) atoms. The molecule has 0 saturated heterocycles. The molecule has 0 unspecified atom stereocenters. The Labute approximate surface area is 104 Å². The van der Waals surface area contributed by atoms with Crippen LogP contribution in [0.3, 0.4) is 0 Å². The number of hydrogen-bond acceptors (Lipinski definition) is 2. The number of aryl methyl sites for hydroxylation is 1. The van der Waals surface area contributed by atoms with E-state index in [1.807, 2.05) is 53.9 Å². The van der Waals surface area contributed by atoms with E-state index in [1.165, 1.54) is 0 Å². The Morgan fingerprint density at radius 2 is 1.94 bits per heavy atom. The zero-order valence-corrected chi connectivity index (χ0v) is 10.0. The number of pyridine rings is 1. The van der Waals surface area contributed by atoms with Crippen molar-refractivity contribution in [3.05, 3.63) is 53.2 Å². The first-order valence-corrected chi connectivity index (χ1v) is 5.70. The van der Waals surface area contributed by atoms with Crippen LogP contribution in [0.2, 0.25) is 5.02 Å². The van der Waals surface area contributed by atoms with Gasteiger partial charge in [0.25, 0.3) is 0 Å². The van der Waals surface area contributed by atoms with Crippen LogP contribution >= 0.6 is 11.6 Å². The average Bonchev–Trinajstić information content (AvgIpc) is 2.74. The van der Waals surface area contributed by atoms with E-state index in [9.17, 15) is 0 Å². The first kappa shape index (κ1) is 10.3. The smallest absolute Gasteiger partial charge is 0.182 e. The summed E-state index contributed by atoms with van der Waals surface area (Å²) in [6.07, 6.45) is 0.